The summed E-state index contributed by atoms with van der Waals surface area (Å²) < 4.78 is 0. The molecular formula is C22H31N5O8. The minimum Gasteiger partial charge on any atom is -0.481 e. The zero-order chi connectivity index (χ0) is 26.4. The van der Waals surface area contributed by atoms with Gasteiger partial charge in [0.15, 0.2) is 0 Å². The third-order valence-electron chi connectivity index (χ3n) is 4.84. The SMILES string of the molecule is CC(=O)N[C@@H](CCC(=O)O)C(=O)N[C@@H](Cc1ccccc1)C(=O)N[C@@H](CCCNC(N)=O)C(=O)O. The number of hydrogen-bond acceptors (Lipinski definition) is 6. The Balaban J connectivity index is 3.00. The molecule has 0 bridgehead atoms. The molecule has 3 atom stereocenters. The van der Waals surface area contributed by atoms with Gasteiger partial charge in [0.05, 0.1) is 0 Å². The van der Waals surface area contributed by atoms with E-state index in [0.29, 0.717) is 5.56 Å². The highest BCUT2D eigenvalue weighted by Crippen LogP contribution is 2.07. The van der Waals surface area contributed by atoms with Gasteiger partial charge in [-0.05, 0) is 24.8 Å². The van der Waals surface area contributed by atoms with E-state index in [4.69, 9.17) is 10.8 Å². The summed E-state index contributed by atoms with van der Waals surface area (Å²) in [5, 5.41) is 28.0. The lowest BCUT2D eigenvalue weighted by Gasteiger charge is -2.24. The van der Waals surface area contributed by atoms with E-state index in [1.807, 2.05) is 0 Å². The molecule has 0 fully saturated rings. The van der Waals surface area contributed by atoms with Crippen molar-refractivity contribution in [1.82, 2.24) is 21.3 Å². The lowest BCUT2D eigenvalue weighted by atomic mass is 10.0. The average Bonchev–Trinajstić information content (AvgIpc) is 2.77. The van der Waals surface area contributed by atoms with Crippen LogP contribution in [0, 0.1) is 0 Å². The van der Waals surface area contributed by atoms with Gasteiger partial charge in [-0.1, -0.05) is 30.3 Å². The van der Waals surface area contributed by atoms with Gasteiger partial charge < -0.3 is 37.2 Å². The summed E-state index contributed by atoms with van der Waals surface area (Å²) in [6.45, 7) is 1.28. The number of carboxylic acids is 2. The number of benzene rings is 1. The summed E-state index contributed by atoms with van der Waals surface area (Å²) in [7, 11) is 0. The number of rotatable bonds is 15. The van der Waals surface area contributed by atoms with Gasteiger partial charge >= 0.3 is 18.0 Å². The summed E-state index contributed by atoms with van der Waals surface area (Å²) >= 11 is 0. The van der Waals surface area contributed by atoms with Crippen LogP contribution in [0.25, 0.3) is 0 Å². The van der Waals surface area contributed by atoms with Crippen molar-refractivity contribution < 1.29 is 39.0 Å². The third-order valence-corrected chi connectivity index (χ3v) is 4.84. The summed E-state index contributed by atoms with van der Waals surface area (Å²) in [6, 6.07) is 4.17. The average molecular weight is 494 g/mol. The Morgan fingerprint density at radius 3 is 2.00 bits per heavy atom. The van der Waals surface area contributed by atoms with Crippen LogP contribution in [0.15, 0.2) is 30.3 Å². The Labute approximate surface area is 201 Å². The fourth-order valence-electron chi connectivity index (χ4n) is 3.16. The molecular weight excluding hydrogens is 462 g/mol. The Morgan fingerprint density at radius 1 is 0.857 bits per heavy atom. The number of nitrogens with one attached hydrogen (secondary N) is 4. The van der Waals surface area contributed by atoms with Gasteiger partial charge in [-0.25, -0.2) is 9.59 Å². The number of nitrogens with two attached hydrogens (primary N) is 1. The second kappa shape index (κ2) is 14.9. The number of primary amides is 1. The van der Waals surface area contributed by atoms with Crippen LogP contribution < -0.4 is 27.0 Å². The summed E-state index contributed by atoms with van der Waals surface area (Å²) in [5.41, 5.74) is 5.64. The first kappa shape index (κ1) is 28.9. The molecule has 192 valence electrons. The molecule has 35 heavy (non-hydrogen) atoms. The van der Waals surface area contributed by atoms with Crippen molar-refractivity contribution in [2.24, 2.45) is 5.73 Å². The van der Waals surface area contributed by atoms with Gasteiger partial charge in [0.1, 0.15) is 18.1 Å². The molecule has 0 saturated heterocycles. The molecule has 5 amide bonds. The molecule has 0 radical (unpaired) electrons. The van der Waals surface area contributed by atoms with Gasteiger partial charge in [0, 0.05) is 26.3 Å². The Morgan fingerprint density at radius 2 is 1.46 bits per heavy atom. The van der Waals surface area contributed by atoms with Crippen molar-refractivity contribution in [3.05, 3.63) is 35.9 Å². The smallest absolute Gasteiger partial charge is 0.326 e. The number of aliphatic carboxylic acids is 2. The van der Waals surface area contributed by atoms with Crippen molar-refractivity contribution in [3.63, 3.8) is 0 Å². The van der Waals surface area contributed by atoms with Gasteiger partial charge in [0.25, 0.3) is 0 Å². The quantitative estimate of drug-likeness (QED) is 0.152. The first-order valence-electron chi connectivity index (χ1n) is 10.9. The first-order valence-corrected chi connectivity index (χ1v) is 10.9. The molecule has 1 aromatic rings. The van der Waals surface area contributed by atoms with E-state index in [0.717, 1.165) is 0 Å². The fourth-order valence-corrected chi connectivity index (χ4v) is 3.16. The van der Waals surface area contributed by atoms with Gasteiger partial charge in [-0.3, -0.25) is 19.2 Å². The highest BCUT2D eigenvalue weighted by atomic mass is 16.4. The summed E-state index contributed by atoms with van der Waals surface area (Å²) in [5.74, 6) is -4.59. The number of amides is 5. The molecule has 1 rings (SSSR count). The summed E-state index contributed by atoms with van der Waals surface area (Å²) in [4.78, 5) is 70.6. The van der Waals surface area contributed by atoms with Crippen LogP contribution in [-0.2, 0) is 30.4 Å². The molecule has 1 aromatic carbocycles. The zero-order valence-corrected chi connectivity index (χ0v) is 19.3. The fraction of sp³-hybridized carbons (Fsp3) is 0.455. The van der Waals surface area contributed by atoms with Crippen LogP contribution in [0.2, 0.25) is 0 Å². The van der Waals surface area contributed by atoms with E-state index in [2.05, 4.69) is 21.3 Å². The molecule has 0 spiro atoms. The van der Waals surface area contributed by atoms with Crippen LogP contribution in [0.4, 0.5) is 4.79 Å². The van der Waals surface area contributed by atoms with Gasteiger partial charge in [-0.2, -0.15) is 0 Å². The number of carbonyl (C=O) groups is 6. The van der Waals surface area contributed by atoms with Crippen molar-refractivity contribution in [3.8, 4) is 0 Å². The molecule has 0 aliphatic heterocycles. The minimum atomic E-state index is -1.31. The van der Waals surface area contributed by atoms with Crippen molar-refractivity contribution in [2.45, 2.75) is 57.2 Å². The maximum absolute atomic E-state index is 13.0. The normalized spacial score (nSPS) is 12.9. The molecule has 0 heterocycles. The molecule has 8 N–H and O–H groups in total. The third kappa shape index (κ3) is 12.0. The van der Waals surface area contributed by atoms with Crippen LogP contribution in [0.1, 0.15) is 38.2 Å². The minimum absolute atomic E-state index is 0.0134. The molecule has 0 aliphatic rings. The second-order valence-electron chi connectivity index (χ2n) is 7.77. The Bertz CT molecular complexity index is 908. The monoisotopic (exact) mass is 493 g/mol. The predicted octanol–water partition coefficient (Wildman–Crippen LogP) is -0.899. The van der Waals surface area contributed by atoms with Gasteiger partial charge in [0.2, 0.25) is 17.7 Å². The largest absolute Gasteiger partial charge is 0.481 e. The lowest BCUT2D eigenvalue weighted by molar-refractivity contribution is -0.142. The van der Waals surface area contributed by atoms with Gasteiger partial charge in [-0.15, -0.1) is 0 Å². The van der Waals surface area contributed by atoms with E-state index < -0.39 is 60.2 Å². The Kier molecular flexibility index (Phi) is 12.3. The van der Waals surface area contributed by atoms with E-state index in [-0.39, 0.29) is 32.2 Å². The topological polar surface area (TPSA) is 217 Å². The molecule has 13 heteroatoms. The second-order valence-corrected chi connectivity index (χ2v) is 7.77. The van der Waals surface area contributed by atoms with E-state index in [1.54, 1.807) is 30.3 Å². The molecule has 0 aromatic heterocycles. The van der Waals surface area contributed by atoms with Crippen molar-refractivity contribution in [2.75, 3.05) is 6.54 Å². The number of carbonyl (C=O) groups excluding carboxylic acids is 4. The molecule has 0 aliphatic carbocycles. The molecule has 0 saturated carbocycles. The van der Waals surface area contributed by atoms with Crippen LogP contribution >= 0.6 is 0 Å². The van der Waals surface area contributed by atoms with Crippen LogP contribution in [0.5, 0.6) is 0 Å². The van der Waals surface area contributed by atoms with E-state index >= 15 is 0 Å². The van der Waals surface area contributed by atoms with E-state index in [1.165, 1.54) is 6.92 Å². The Hall–Kier alpha value is -4.16. The van der Waals surface area contributed by atoms with Crippen LogP contribution in [0.3, 0.4) is 0 Å². The highest BCUT2D eigenvalue weighted by molar-refractivity contribution is 5.93. The van der Waals surface area contributed by atoms with Crippen molar-refractivity contribution >= 4 is 35.7 Å². The molecule has 0 unspecified atom stereocenters. The van der Waals surface area contributed by atoms with Crippen LogP contribution in [-0.4, -0.2) is 70.6 Å². The zero-order valence-electron chi connectivity index (χ0n) is 19.3. The molecule has 13 nitrogen and oxygen atoms in total. The predicted molar refractivity (Wildman–Crippen MR) is 123 cm³/mol. The first-order chi connectivity index (χ1) is 16.5. The number of carboxylic acid groups (broad SMARTS) is 2. The maximum atomic E-state index is 13.0. The van der Waals surface area contributed by atoms with E-state index in [9.17, 15) is 33.9 Å². The summed E-state index contributed by atoms with van der Waals surface area (Å²) in [6.07, 6.45) is -0.380. The standard InChI is InChI=1S/C22H31N5O8/c1-13(28)25-15(9-10-18(29)30)19(31)27-17(12-14-6-3-2-4-7-14)20(32)26-16(21(33)34)8-5-11-24-22(23)35/h2-4,6-7,15-17H,5,8-12H2,1H3,(H,25,28)(H,26,32)(H,27,31)(H,29,30)(H,33,34)(H3,23,24,35)/t15-,16-,17-/m0/s1. The number of hydrogen-bond donors (Lipinski definition) is 7. The highest BCUT2D eigenvalue weighted by Gasteiger charge is 2.29. The number of urea groups is 1. The lowest BCUT2D eigenvalue weighted by Crippen LogP contribution is -2.56. The van der Waals surface area contributed by atoms with Crippen molar-refractivity contribution in [1.29, 1.82) is 0 Å². The maximum Gasteiger partial charge on any atom is 0.326 e.